The molecular formula is C16H24N2O3. The van der Waals surface area contributed by atoms with E-state index < -0.39 is 0 Å². The molecule has 0 saturated carbocycles. The van der Waals surface area contributed by atoms with Crippen molar-refractivity contribution < 1.29 is 14.3 Å². The largest absolute Gasteiger partial charge is 0.482 e. The maximum atomic E-state index is 12.1. The topological polar surface area (TPSA) is 64.8 Å². The van der Waals surface area contributed by atoms with Crippen LogP contribution in [0.2, 0.25) is 0 Å². The van der Waals surface area contributed by atoms with Crippen LogP contribution in [0.25, 0.3) is 0 Å². The second kappa shape index (κ2) is 6.91. The first-order chi connectivity index (χ1) is 10.0. The van der Waals surface area contributed by atoms with Gasteiger partial charge in [-0.2, -0.15) is 0 Å². The summed E-state index contributed by atoms with van der Waals surface area (Å²) in [5.74, 6) is 1.29. The number of hydrogen-bond donors (Lipinski definition) is 1. The molecule has 0 spiro atoms. The number of amides is 1. The quantitative estimate of drug-likeness (QED) is 0.872. The number of nitrogens with zero attached hydrogens (tertiary/aromatic N) is 1. The average Bonchev–Trinajstić information content (AvgIpc) is 2.45. The van der Waals surface area contributed by atoms with Gasteiger partial charge in [-0.1, -0.05) is 19.9 Å². The molecule has 0 radical (unpaired) electrons. The van der Waals surface area contributed by atoms with Crippen molar-refractivity contribution in [3.05, 3.63) is 23.8 Å². The van der Waals surface area contributed by atoms with Crippen LogP contribution in [0.4, 0.5) is 5.69 Å². The highest BCUT2D eigenvalue weighted by Gasteiger charge is 2.26. The Morgan fingerprint density at radius 3 is 2.86 bits per heavy atom. The lowest BCUT2D eigenvalue weighted by Gasteiger charge is -2.30. The van der Waals surface area contributed by atoms with Gasteiger partial charge in [-0.3, -0.25) is 4.79 Å². The lowest BCUT2D eigenvalue weighted by atomic mass is 10.0. The third-order valence-electron chi connectivity index (χ3n) is 3.63. The van der Waals surface area contributed by atoms with Gasteiger partial charge in [-0.15, -0.1) is 0 Å². The summed E-state index contributed by atoms with van der Waals surface area (Å²) in [5.41, 5.74) is 7.84. The Hall–Kier alpha value is -1.59. The van der Waals surface area contributed by atoms with Gasteiger partial charge < -0.3 is 20.1 Å². The van der Waals surface area contributed by atoms with E-state index in [9.17, 15) is 4.79 Å². The molecule has 1 atom stereocenters. The summed E-state index contributed by atoms with van der Waals surface area (Å²) in [7, 11) is 1.62. The predicted octanol–water partition coefficient (Wildman–Crippen LogP) is 2.10. The zero-order chi connectivity index (χ0) is 15.4. The number of fused-ring (bicyclic) bond motifs is 1. The molecule has 0 bridgehead atoms. The molecule has 5 nitrogen and oxygen atoms in total. The Balaban J connectivity index is 2.26. The number of rotatable bonds is 6. The highest BCUT2D eigenvalue weighted by molar-refractivity contribution is 5.97. The van der Waals surface area contributed by atoms with Crippen molar-refractivity contribution >= 4 is 11.6 Å². The highest BCUT2D eigenvalue weighted by Crippen LogP contribution is 2.34. The lowest BCUT2D eigenvalue weighted by Crippen LogP contribution is -2.40. The molecule has 2 N–H and O–H groups in total. The summed E-state index contributed by atoms with van der Waals surface area (Å²) < 4.78 is 10.6. The van der Waals surface area contributed by atoms with E-state index in [1.54, 1.807) is 7.11 Å². The SMILES string of the molecule is COCC(N)c1ccc2c(c1)N(CCC(C)C)C(=O)CO2. The maximum absolute atomic E-state index is 12.1. The summed E-state index contributed by atoms with van der Waals surface area (Å²) in [5, 5.41) is 0. The van der Waals surface area contributed by atoms with Crippen LogP contribution in [0.15, 0.2) is 18.2 Å². The fourth-order valence-corrected chi connectivity index (χ4v) is 2.36. The molecule has 1 aliphatic rings. The zero-order valence-electron chi connectivity index (χ0n) is 13.0. The number of nitrogens with two attached hydrogens (primary N) is 1. The average molecular weight is 292 g/mol. The Morgan fingerprint density at radius 2 is 2.19 bits per heavy atom. The maximum Gasteiger partial charge on any atom is 0.265 e. The number of benzene rings is 1. The van der Waals surface area contributed by atoms with Crippen molar-refractivity contribution in [2.45, 2.75) is 26.3 Å². The summed E-state index contributed by atoms with van der Waals surface area (Å²) in [4.78, 5) is 13.9. The van der Waals surface area contributed by atoms with E-state index in [0.717, 1.165) is 23.4 Å². The van der Waals surface area contributed by atoms with Crippen LogP contribution in [-0.4, -0.2) is 32.8 Å². The molecular weight excluding hydrogens is 268 g/mol. The van der Waals surface area contributed by atoms with Gasteiger partial charge in [0.05, 0.1) is 18.3 Å². The standard InChI is InChI=1S/C16H24N2O3/c1-11(2)6-7-18-14-8-12(13(17)9-20-3)4-5-15(14)21-10-16(18)19/h4-5,8,11,13H,6-7,9-10,17H2,1-3H3. The Bertz CT molecular complexity index is 502. The van der Waals surface area contributed by atoms with Crippen molar-refractivity contribution in [1.82, 2.24) is 0 Å². The molecule has 21 heavy (non-hydrogen) atoms. The molecule has 0 aliphatic carbocycles. The number of ether oxygens (including phenoxy) is 2. The van der Waals surface area contributed by atoms with Gasteiger partial charge in [0, 0.05) is 13.7 Å². The van der Waals surface area contributed by atoms with E-state index in [2.05, 4.69) is 13.8 Å². The summed E-state index contributed by atoms with van der Waals surface area (Å²) in [6.45, 7) is 5.55. The van der Waals surface area contributed by atoms with Crippen LogP contribution in [-0.2, 0) is 9.53 Å². The predicted molar refractivity (Wildman–Crippen MR) is 82.5 cm³/mol. The van der Waals surface area contributed by atoms with Gasteiger partial charge in [0.15, 0.2) is 6.61 Å². The van der Waals surface area contributed by atoms with Gasteiger partial charge in [0.25, 0.3) is 5.91 Å². The Kier molecular flexibility index (Phi) is 5.20. The molecule has 1 aliphatic heterocycles. The third-order valence-corrected chi connectivity index (χ3v) is 3.63. The first-order valence-corrected chi connectivity index (χ1v) is 7.34. The number of carbonyl (C=O) groups is 1. The van der Waals surface area contributed by atoms with Crippen LogP contribution in [0.1, 0.15) is 31.9 Å². The van der Waals surface area contributed by atoms with E-state index in [4.69, 9.17) is 15.2 Å². The minimum atomic E-state index is -0.204. The van der Waals surface area contributed by atoms with E-state index in [0.29, 0.717) is 19.1 Å². The van der Waals surface area contributed by atoms with E-state index in [1.165, 1.54) is 0 Å². The van der Waals surface area contributed by atoms with Crippen molar-refractivity contribution in [1.29, 1.82) is 0 Å². The number of methoxy groups -OCH3 is 1. The van der Waals surface area contributed by atoms with Gasteiger partial charge in [0.1, 0.15) is 5.75 Å². The molecule has 0 aromatic heterocycles. The zero-order valence-corrected chi connectivity index (χ0v) is 13.0. The first kappa shape index (κ1) is 15.8. The van der Waals surface area contributed by atoms with Gasteiger partial charge in [-0.25, -0.2) is 0 Å². The Labute approximate surface area is 126 Å². The van der Waals surface area contributed by atoms with Crippen LogP contribution in [0.3, 0.4) is 0 Å². The molecule has 1 heterocycles. The number of anilines is 1. The second-order valence-corrected chi connectivity index (χ2v) is 5.81. The van der Waals surface area contributed by atoms with Crippen molar-refractivity contribution in [2.75, 3.05) is 31.8 Å². The molecule has 1 unspecified atom stereocenters. The molecule has 5 heteroatoms. The third kappa shape index (κ3) is 3.74. The highest BCUT2D eigenvalue weighted by atomic mass is 16.5. The van der Waals surface area contributed by atoms with Gasteiger partial charge in [0.2, 0.25) is 0 Å². The van der Waals surface area contributed by atoms with E-state index >= 15 is 0 Å². The molecule has 0 fully saturated rings. The lowest BCUT2D eigenvalue weighted by molar-refractivity contribution is -0.121. The van der Waals surface area contributed by atoms with Crippen molar-refractivity contribution in [3.8, 4) is 5.75 Å². The molecule has 2 rings (SSSR count). The molecule has 116 valence electrons. The normalized spacial score (nSPS) is 15.9. The van der Waals surface area contributed by atoms with Gasteiger partial charge in [-0.05, 0) is 30.0 Å². The van der Waals surface area contributed by atoms with Crippen LogP contribution in [0.5, 0.6) is 5.75 Å². The van der Waals surface area contributed by atoms with Crippen LogP contribution in [0, 0.1) is 5.92 Å². The Morgan fingerprint density at radius 1 is 1.43 bits per heavy atom. The minimum Gasteiger partial charge on any atom is -0.482 e. The molecule has 1 aromatic rings. The smallest absolute Gasteiger partial charge is 0.265 e. The van der Waals surface area contributed by atoms with Crippen molar-refractivity contribution in [2.24, 2.45) is 11.7 Å². The summed E-state index contributed by atoms with van der Waals surface area (Å²) in [6, 6.07) is 5.55. The molecule has 1 aromatic carbocycles. The van der Waals surface area contributed by atoms with Crippen LogP contribution < -0.4 is 15.4 Å². The van der Waals surface area contributed by atoms with Crippen molar-refractivity contribution in [3.63, 3.8) is 0 Å². The fourth-order valence-electron chi connectivity index (χ4n) is 2.36. The minimum absolute atomic E-state index is 0.000568. The molecule has 0 saturated heterocycles. The summed E-state index contributed by atoms with van der Waals surface area (Å²) >= 11 is 0. The molecule has 1 amide bonds. The fraction of sp³-hybridized carbons (Fsp3) is 0.562. The summed E-state index contributed by atoms with van der Waals surface area (Å²) in [6.07, 6.45) is 0.958. The monoisotopic (exact) mass is 292 g/mol. The number of hydrogen-bond acceptors (Lipinski definition) is 4. The second-order valence-electron chi connectivity index (χ2n) is 5.81. The van der Waals surface area contributed by atoms with E-state index in [-0.39, 0.29) is 18.6 Å². The van der Waals surface area contributed by atoms with Gasteiger partial charge >= 0.3 is 0 Å². The van der Waals surface area contributed by atoms with Crippen LogP contribution >= 0.6 is 0 Å². The first-order valence-electron chi connectivity index (χ1n) is 7.34. The van der Waals surface area contributed by atoms with E-state index in [1.807, 2.05) is 23.1 Å². The number of carbonyl (C=O) groups excluding carboxylic acids is 1.